The van der Waals surface area contributed by atoms with Crippen molar-refractivity contribution in [1.29, 1.82) is 0 Å². The molecule has 0 spiro atoms. The molecule has 2 aliphatic rings. The minimum absolute atomic E-state index is 0.0236. The van der Waals surface area contributed by atoms with E-state index >= 15 is 0 Å². The molecule has 5 nitrogen and oxygen atoms in total. The van der Waals surface area contributed by atoms with Crippen LogP contribution in [0.4, 0.5) is 0 Å². The van der Waals surface area contributed by atoms with E-state index in [0.717, 1.165) is 72.7 Å². The number of carbonyl (C=O) groups is 1. The molecule has 1 saturated heterocycles. The summed E-state index contributed by atoms with van der Waals surface area (Å²) in [6.45, 7) is 1.80. The maximum absolute atomic E-state index is 13.3. The van der Waals surface area contributed by atoms with Crippen molar-refractivity contribution in [3.63, 3.8) is 0 Å². The molecule has 5 rings (SSSR count). The van der Waals surface area contributed by atoms with Crippen molar-refractivity contribution in [2.24, 2.45) is 0 Å². The molecular formula is C23H23Cl3N4OS. The van der Waals surface area contributed by atoms with Gasteiger partial charge in [-0.15, -0.1) is 11.3 Å². The summed E-state index contributed by atoms with van der Waals surface area (Å²) in [5.74, 6) is -0.266. The summed E-state index contributed by atoms with van der Waals surface area (Å²) in [6, 6.07) is 9.27. The summed E-state index contributed by atoms with van der Waals surface area (Å²) >= 11 is 20.5. The van der Waals surface area contributed by atoms with E-state index in [1.165, 1.54) is 17.8 Å². The number of hydrogen-bond donors (Lipinski definition) is 1. The molecule has 1 fully saturated rings. The number of thiophene rings is 1. The number of benzene rings is 1. The largest absolute Gasteiger partial charge is 0.288 e. The van der Waals surface area contributed by atoms with Gasteiger partial charge >= 0.3 is 0 Å². The summed E-state index contributed by atoms with van der Waals surface area (Å²) < 4.78 is 2.57. The van der Waals surface area contributed by atoms with Crippen molar-refractivity contribution in [3.05, 3.63) is 56.0 Å². The van der Waals surface area contributed by atoms with E-state index in [9.17, 15) is 4.79 Å². The van der Waals surface area contributed by atoms with Crippen molar-refractivity contribution >= 4 is 52.0 Å². The Hall–Kier alpha value is -1.57. The van der Waals surface area contributed by atoms with Gasteiger partial charge in [0.05, 0.1) is 37.2 Å². The molecule has 1 aromatic carbocycles. The Kier molecular flexibility index (Phi) is 6.50. The first-order chi connectivity index (χ1) is 15.5. The number of fused-ring (bicyclic) bond motifs is 1. The van der Waals surface area contributed by atoms with Crippen LogP contribution in [0.1, 0.15) is 49.3 Å². The van der Waals surface area contributed by atoms with Gasteiger partial charge in [-0.25, -0.2) is 9.69 Å². The molecule has 9 heteroatoms. The van der Waals surface area contributed by atoms with E-state index in [2.05, 4.69) is 5.43 Å². The van der Waals surface area contributed by atoms with Gasteiger partial charge in [0.15, 0.2) is 0 Å². The van der Waals surface area contributed by atoms with Crippen LogP contribution in [-0.4, -0.2) is 33.8 Å². The lowest BCUT2D eigenvalue weighted by molar-refractivity contribution is -0.128. The average molecular weight is 510 g/mol. The van der Waals surface area contributed by atoms with E-state index in [1.807, 2.05) is 27.9 Å². The van der Waals surface area contributed by atoms with Gasteiger partial charge in [-0.3, -0.25) is 10.2 Å². The monoisotopic (exact) mass is 508 g/mol. The van der Waals surface area contributed by atoms with E-state index < -0.39 is 0 Å². The van der Waals surface area contributed by atoms with Crippen LogP contribution in [0.5, 0.6) is 0 Å². The Bertz CT molecular complexity index is 1150. The number of hydrazine groups is 1. The maximum atomic E-state index is 13.3. The lowest BCUT2D eigenvalue weighted by Crippen LogP contribution is -2.47. The number of amides is 1. The van der Waals surface area contributed by atoms with Gasteiger partial charge in [0.2, 0.25) is 5.91 Å². The first-order valence-corrected chi connectivity index (χ1v) is 12.8. The zero-order chi connectivity index (χ0) is 22.2. The standard InChI is InChI=1S/C23H23Cl3N4OS/c24-14-7-8-18(17(25)13-14)30-22(19-9-10-20(26)32-19)15-5-4-6-16(21(15)27-30)23(31)28-29-11-2-1-3-12-29/h7-10,13,16H,1-6,11-12H2,(H,28,31). The van der Waals surface area contributed by atoms with Gasteiger partial charge in [0.1, 0.15) is 0 Å². The number of nitrogens with zero attached hydrogens (tertiary/aromatic N) is 3. The van der Waals surface area contributed by atoms with Gasteiger partial charge < -0.3 is 0 Å². The first-order valence-electron chi connectivity index (χ1n) is 10.9. The zero-order valence-corrected chi connectivity index (χ0v) is 20.5. The van der Waals surface area contributed by atoms with Gasteiger partial charge in [0, 0.05) is 23.7 Å². The Balaban J connectivity index is 1.58. The Labute approximate surface area is 206 Å². The lowest BCUT2D eigenvalue weighted by atomic mass is 9.86. The van der Waals surface area contributed by atoms with Crippen LogP contribution in [0, 0.1) is 0 Å². The molecule has 32 heavy (non-hydrogen) atoms. The van der Waals surface area contributed by atoms with E-state index in [1.54, 1.807) is 12.1 Å². The molecule has 1 atom stereocenters. The molecule has 1 unspecified atom stereocenters. The van der Waals surface area contributed by atoms with Crippen LogP contribution < -0.4 is 5.43 Å². The normalized spacial score (nSPS) is 19.0. The van der Waals surface area contributed by atoms with E-state index in [4.69, 9.17) is 39.9 Å². The fraction of sp³-hybridized carbons (Fsp3) is 0.391. The second-order valence-electron chi connectivity index (χ2n) is 8.29. The SMILES string of the molecule is O=C(NN1CCCCC1)C1CCCc2c1nn(-c1ccc(Cl)cc1Cl)c2-c1ccc(Cl)s1. The molecule has 168 valence electrons. The lowest BCUT2D eigenvalue weighted by Gasteiger charge is -2.29. The second kappa shape index (κ2) is 9.35. The fourth-order valence-corrected chi connectivity index (χ4v) is 6.22. The van der Waals surface area contributed by atoms with Crippen LogP contribution in [0.2, 0.25) is 14.4 Å². The van der Waals surface area contributed by atoms with Crippen LogP contribution in [-0.2, 0) is 11.2 Å². The topological polar surface area (TPSA) is 50.2 Å². The molecular weight excluding hydrogens is 487 g/mol. The highest BCUT2D eigenvalue weighted by atomic mass is 35.5. The predicted octanol–water partition coefficient (Wildman–Crippen LogP) is 6.50. The summed E-state index contributed by atoms with van der Waals surface area (Å²) in [7, 11) is 0. The molecule has 0 radical (unpaired) electrons. The van der Waals surface area contributed by atoms with Gasteiger partial charge in [0.25, 0.3) is 0 Å². The summed E-state index contributed by atoms with van der Waals surface area (Å²) in [6.07, 6.45) is 6.02. The quantitative estimate of drug-likeness (QED) is 0.437. The molecule has 1 N–H and O–H groups in total. The Morgan fingerprint density at radius 2 is 1.88 bits per heavy atom. The highest BCUT2D eigenvalue weighted by Gasteiger charge is 2.34. The van der Waals surface area contributed by atoms with Gasteiger partial charge in [-0.1, -0.05) is 41.2 Å². The minimum Gasteiger partial charge on any atom is -0.288 e. The van der Waals surface area contributed by atoms with E-state index in [0.29, 0.717) is 14.4 Å². The average Bonchev–Trinajstić information content (AvgIpc) is 3.37. The van der Waals surface area contributed by atoms with Gasteiger partial charge in [-0.2, -0.15) is 5.10 Å². The summed E-state index contributed by atoms with van der Waals surface area (Å²) in [5, 5.41) is 8.09. The highest BCUT2D eigenvalue weighted by Crippen LogP contribution is 2.42. The van der Waals surface area contributed by atoms with Crippen LogP contribution in [0.15, 0.2) is 30.3 Å². The number of rotatable bonds is 4. The van der Waals surface area contributed by atoms with Crippen molar-refractivity contribution < 1.29 is 4.79 Å². The number of aromatic nitrogens is 2. The number of halogens is 3. The third-order valence-electron chi connectivity index (χ3n) is 6.15. The number of piperidine rings is 1. The first kappa shape index (κ1) is 22.2. The van der Waals surface area contributed by atoms with Crippen LogP contribution in [0.25, 0.3) is 16.3 Å². The van der Waals surface area contributed by atoms with Crippen molar-refractivity contribution in [2.45, 2.75) is 44.4 Å². The summed E-state index contributed by atoms with van der Waals surface area (Å²) in [4.78, 5) is 14.3. The van der Waals surface area contributed by atoms with E-state index in [-0.39, 0.29) is 11.8 Å². The van der Waals surface area contributed by atoms with Crippen molar-refractivity contribution in [1.82, 2.24) is 20.2 Å². The fourth-order valence-electron chi connectivity index (χ4n) is 4.63. The highest BCUT2D eigenvalue weighted by molar-refractivity contribution is 7.19. The molecule has 2 aromatic heterocycles. The molecule has 0 saturated carbocycles. The second-order valence-corrected chi connectivity index (χ2v) is 10.9. The van der Waals surface area contributed by atoms with Crippen LogP contribution in [0.3, 0.4) is 0 Å². The smallest absolute Gasteiger partial charge is 0.243 e. The number of carbonyl (C=O) groups excluding carboxylic acids is 1. The molecule has 1 aliphatic carbocycles. The zero-order valence-electron chi connectivity index (χ0n) is 17.4. The van der Waals surface area contributed by atoms with Crippen molar-refractivity contribution in [3.8, 4) is 16.3 Å². The Morgan fingerprint density at radius 1 is 1.06 bits per heavy atom. The summed E-state index contributed by atoms with van der Waals surface area (Å²) in [5.41, 5.74) is 6.76. The molecule has 1 aliphatic heterocycles. The number of hydrogen-bond acceptors (Lipinski definition) is 4. The number of nitrogens with one attached hydrogen (secondary N) is 1. The molecule has 3 aromatic rings. The minimum atomic E-state index is -0.290. The molecule has 0 bridgehead atoms. The van der Waals surface area contributed by atoms with Crippen LogP contribution >= 0.6 is 46.1 Å². The maximum Gasteiger partial charge on any atom is 0.243 e. The van der Waals surface area contributed by atoms with Gasteiger partial charge in [-0.05, 0) is 62.4 Å². The predicted molar refractivity (Wildman–Crippen MR) is 131 cm³/mol. The molecule has 1 amide bonds. The van der Waals surface area contributed by atoms with Crippen molar-refractivity contribution in [2.75, 3.05) is 13.1 Å². The third kappa shape index (κ3) is 4.31. The molecule has 3 heterocycles. The third-order valence-corrected chi connectivity index (χ3v) is 7.93. The Morgan fingerprint density at radius 3 is 2.59 bits per heavy atom.